The van der Waals surface area contributed by atoms with E-state index in [1.165, 1.54) is 0 Å². The first kappa shape index (κ1) is 16.4. The van der Waals surface area contributed by atoms with Gasteiger partial charge in [-0.05, 0) is 12.3 Å². The van der Waals surface area contributed by atoms with Gasteiger partial charge in [0.25, 0.3) is 0 Å². The third kappa shape index (κ3) is 6.61. The lowest BCUT2D eigenvalue weighted by atomic mass is 9.93. The molecular formula is C12H24O5. The van der Waals surface area contributed by atoms with E-state index in [9.17, 15) is 4.79 Å². The molecule has 0 saturated heterocycles. The number of esters is 1. The fourth-order valence-corrected chi connectivity index (χ4v) is 1.25. The number of rotatable bonds is 9. The number of aliphatic hydroxyl groups excluding tert-OH is 3. The molecule has 0 spiro atoms. The van der Waals surface area contributed by atoms with Gasteiger partial charge in [-0.1, -0.05) is 20.3 Å². The summed E-state index contributed by atoms with van der Waals surface area (Å²) in [5, 5.41) is 27.1. The Morgan fingerprint density at radius 2 is 1.71 bits per heavy atom. The van der Waals surface area contributed by atoms with Crippen LogP contribution in [-0.2, 0) is 9.53 Å². The average molecular weight is 248 g/mol. The average Bonchev–Trinajstić information content (AvgIpc) is 2.31. The number of carbonyl (C=O) groups excluding carboxylic acids is 1. The maximum absolute atomic E-state index is 11.4. The Morgan fingerprint density at radius 3 is 2.12 bits per heavy atom. The molecule has 3 N–H and O–H groups in total. The smallest absolute Gasteiger partial charge is 0.305 e. The molecule has 0 saturated carbocycles. The summed E-state index contributed by atoms with van der Waals surface area (Å²) in [6.07, 6.45) is 2.05. The normalized spacial score (nSPS) is 11.9. The second-order valence-corrected chi connectivity index (χ2v) is 4.92. The summed E-state index contributed by atoms with van der Waals surface area (Å²) < 4.78 is 4.94. The van der Waals surface area contributed by atoms with Gasteiger partial charge in [-0.15, -0.1) is 0 Å². The van der Waals surface area contributed by atoms with Crippen LogP contribution in [0, 0.1) is 11.3 Å². The van der Waals surface area contributed by atoms with Gasteiger partial charge in [0, 0.05) is 6.42 Å². The SMILES string of the molecule is CC(C)CCCC(=O)OCC(CO)(CO)CO. The predicted octanol–water partition coefficient (Wildman–Crippen LogP) is 0.319. The van der Waals surface area contributed by atoms with Gasteiger partial charge in [-0.2, -0.15) is 0 Å². The first-order valence-electron chi connectivity index (χ1n) is 5.98. The maximum Gasteiger partial charge on any atom is 0.305 e. The summed E-state index contributed by atoms with van der Waals surface area (Å²) in [6.45, 7) is 2.76. The highest BCUT2D eigenvalue weighted by atomic mass is 16.5. The summed E-state index contributed by atoms with van der Waals surface area (Å²) in [6, 6.07) is 0. The molecule has 0 aromatic rings. The van der Waals surface area contributed by atoms with Crippen LogP contribution in [0.1, 0.15) is 33.1 Å². The van der Waals surface area contributed by atoms with Crippen molar-refractivity contribution >= 4 is 5.97 Å². The molecule has 5 heteroatoms. The molecule has 5 nitrogen and oxygen atoms in total. The van der Waals surface area contributed by atoms with E-state index in [0.717, 1.165) is 12.8 Å². The van der Waals surface area contributed by atoms with Crippen LogP contribution in [0.15, 0.2) is 0 Å². The molecule has 0 aromatic carbocycles. The van der Waals surface area contributed by atoms with Gasteiger partial charge >= 0.3 is 5.97 Å². The molecule has 0 bridgehead atoms. The molecule has 0 amide bonds. The van der Waals surface area contributed by atoms with E-state index in [4.69, 9.17) is 20.1 Å². The van der Waals surface area contributed by atoms with E-state index >= 15 is 0 Å². The Labute approximate surface area is 102 Å². The quantitative estimate of drug-likeness (QED) is 0.511. The first-order chi connectivity index (χ1) is 7.99. The van der Waals surface area contributed by atoms with Crippen molar-refractivity contribution in [3.05, 3.63) is 0 Å². The highest BCUT2D eigenvalue weighted by Crippen LogP contribution is 2.16. The van der Waals surface area contributed by atoms with Crippen LogP contribution in [0.2, 0.25) is 0 Å². The first-order valence-corrected chi connectivity index (χ1v) is 5.98. The summed E-state index contributed by atoms with van der Waals surface area (Å²) >= 11 is 0. The van der Waals surface area contributed by atoms with Crippen molar-refractivity contribution in [3.63, 3.8) is 0 Å². The Bertz CT molecular complexity index is 203. The second-order valence-electron chi connectivity index (χ2n) is 4.92. The Morgan fingerprint density at radius 1 is 1.18 bits per heavy atom. The number of ether oxygens (including phenoxy) is 1. The minimum absolute atomic E-state index is 0.156. The van der Waals surface area contributed by atoms with Gasteiger partial charge < -0.3 is 20.1 Å². The van der Waals surface area contributed by atoms with Crippen molar-refractivity contribution in [2.75, 3.05) is 26.4 Å². The molecule has 0 fully saturated rings. The standard InChI is InChI=1S/C12H24O5/c1-10(2)4-3-5-11(16)17-9-12(6-13,7-14)8-15/h10,13-15H,3-9H2,1-2H3. The van der Waals surface area contributed by atoms with Gasteiger partial charge in [0.1, 0.15) is 6.61 Å². The van der Waals surface area contributed by atoms with E-state index in [1.54, 1.807) is 0 Å². The van der Waals surface area contributed by atoms with Crippen LogP contribution in [0.25, 0.3) is 0 Å². The summed E-state index contributed by atoms with van der Waals surface area (Å²) in [4.78, 5) is 11.4. The molecule has 0 aliphatic rings. The minimum atomic E-state index is -1.13. The minimum Gasteiger partial charge on any atom is -0.465 e. The lowest BCUT2D eigenvalue weighted by Gasteiger charge is -2.26. The predicted molar refractivity (Wildman–Crippen MR) is 63.3 cm³/mol. The van der Waals surface area contributed by atoms with Crippen LogP contribution in [0.4, 0.5) is 0 Å². The maximum atomic E-state index is 11.4. The van der Waals surface area contributed by atoms with Crippen molar-refractivity contribution in [2.24, 2.45) is 11.3 Å². The molecule has 0 aliphatic heterocycles. The third-order valence-corrected chi connectivity index (χ3v) is 2.71. The summed E-state index contributed by atoms with van der Waals surface area (Å²) in [5.74, 6) is 0.194. The van der Waals surface area contributed by atoms with Crippen molar-refractivity contribution in [2.45, 2.75) is 33.1 Å². The monoisotopic (exact) mass is 248 g/mol. The Hall–Kier alpha value is -0.650. The van der Waals surface area contributed by atoms with E-state index in [1.807, 2.05) is 0 Å². The van der Waals surface area contributed by atoms with Crippen LogP contribution in [0.5, 0.6) is 0 Å². The van der Waals surface area contributed by atoms with Crippen molar-refractivity contribution in [3.8, 4) is 0 Å². The van der Waals surface area contributed by atoms with E-state index < -0.39 is 25.2 Å². The van der Waals surface area contributed by atoms with Crippen LogP contribution in [0.3, 0.4) is 0 Å². The largest absolute Gasteiger partial charge is 0.465 e. The van der Waals surface area contributed by atoms with Crippen LogP contribution in [-0.4, -0.2) is 47.7 Å². The van der Waals surface area contributed by atoms with Gasteiger partial charge in [-0.25, -0.2) is 0 Å². The zero-order valence-corrected chi connectivity index (χ0v) is 10.7. The Kier molecular flexibility index (Phi) is 8.12. The molecule has 0 aromatic heterocycles. The second kappa shape index (κ2) is 8.44. The van der Waals surface area contributed by atoms with E-state index in [2.05, 4.69) is 13.8 Å². The number of carbonyl (C=O) groups is 1. The van der Waals surface area contributed by atoms with Gasteiger partial charge in [0.2, 0.25) is 0 Å². The molecular weight excluding hydrogens is 224 g/mol. The fraction of sp³-hybridized carbons (Fsp3) is 0.917. The topological polar surface area (TPSA) is 87.0 Å². The fourth-order valence-electron chi connectivity index (χ4n) is 1.25. The lowest BCUT2D eigenvalue weighted by Crippen LogP contribution is -2.39. The zero-order valence-electron chi connectivity index (χ0n) is 10.7. The third-order valence-electron chi connectivity index (χ3n) is 2.71. The summed E-state index contributed by atoms with van der Waals surface area (Å²) in [5.41, 5.74) is -1.13. The van der Waals surface area contributed by atoms with Crippen molar-refractivity contribution in [1.82, 2.24) is 0 Å². The molecule has 0 rings (SSSR count). The molecule has 17 heavy (non-hydrogen) atoms. The highest BCUT2D eigenvalue weighted by Gasteiger charge is 2.29. The molecule has 102 valence electrons. The zero-order chi connectivity index (χ0) is 13.3. The molecule has 0 atom stereocenters. The van der Waals surface area contributed by atoms with Gasteiger partial charge in [0.05, 0.1) is 25.2 Å². The Balaban J connectivity index is 3.89. The number of aliphatic hydroxyl groups is 3. The lowest BCUT2D eigenvalue weighted by molar-refractivity contribution is -0.151. The molecule has 0 aliphatic carbocycles. The summed E-state index contributed by atoms with van der Waals surface area (Å²) in [7, 11) is 0. The molecule has 0 unspecified atom stereocenters. The van der Waals surface area contributed by atoms with Crippen LogP contribution < -0.4 is 0 Å². The highest BCUT2D eigenvalue weighted by molar-refractivity contribution is 5.69. The van der Waals surface area contributed by atoms with Crippen LogP contribution >= 0.6 is 0 Å². The van der Waals surface area contributed by atoms with Crippen molar-refractivity contribution in [1.29, 1.82) is 0 Å². The number of hydrogen-bond acceptors (Lipinski definition) is 5. The number of hydrogen-bond donors (Lipinski definition) is 3. The molecule has 0 heterocycles. The van der Waals surface area contributed by atoms with Gasteiger partial charge in [-0.3, -0.25) is 4.79 Å². The van der Waals surface area contributed by atoms with E-state index in [0.29, 0.717) is 12.3 Å². The van der Waals surface area contributed by atoms with Crippen molar-refractivity contribution < 1.29 is 24.9 Å². The van der Waals surface area contributed by atoms with E-state index in [-0.39, 0.29) is 12.6 Å². The molecule has 0 radical (unpaired) electrons. The van der Waals surface area contributed by atoms with Gasteiger partial charge in [0.15, 0.2) is 0 Å².